The van der Waals surface area contributed by atoms with E-state index in [2.05, 4.69) is 17.2 Å². The summed E-state index contributed by atoms with van der Waals surface area (Å²) in [6, 6.07) is 5.44. The quantitative estimate of drug-likeness (QED) is 0.0952. The minimum absolute atomic E-state index is 0.000347. The van der Waals surface area contributed by atoms with Crippen molar-refractivity contribution in [3.05, 3.63) is 51.8 Å². The molecule has 3 saturated heterocycles. The van der Waals surface area contributed by atoms with Crippen molar-refractivity contribution in [2.75, 3.05) is 41.4 Å². The number of hydrogen-bond donors (Lipinski definition) is 5. The van der Waals surface area contributed by atoms with Crippen LogP contribution in [0.3, 0.4) is 0 Å². The number of ether oxygens (including phenoxy) is 7. The van der Waals surface area contributed by atoms with E-state index in [-0.39, 0.29) is 49.4 Å². The van der Waals surface area contributed by atoms with E-state index >= 15 is 0 Å². The van der Waals surface area contributed by atoms with Gasteiger partial charge in [0.25, 0.3) is 5.69 Å². The van der Waals surface area contributed by atoms with Crippen LogP contribution in [0.2, 0.25) is 0 Å². The van der Waals surface area contributed by atoms with Crippen molar-refractivity contribution in [3.8, 4) is 0 Å². The number of cyclic esters (lactones) is 1. The Balaban J connectivity index is 1.44. The second-order valence-corrected chi connectivity index (χ2v) is 22.2. The number of non-ortho nitro benzene ring substituents is 1. The minimum Gasteiger partial charge on any atom is -0.459 e. The second-order valence-electron chi connectivity index (χ2n) is 22.2. The van der Waals surface area contributed by atoms with Gasteiger partial charge in [0.1, 0.15) is 23.9 Å². The van der Waals surface area contributed by atoms with Gasteiger partial charge in [-0.15, -0.1) is 5.10 Å². The predicted molar refractivity (Wildman–Crippen MR) is 269 cm³/mol. The summed E-state index contributed by atoms with van der Waals surface area (Å²) in [5, 5.41) is 79.4. The van der Waals surface area contributed by atoms with Crippen molar-refractivity contribution < 1.29 is 68.4 Å². The molecule has 2 aromatic rings. The van der Waals surface area contributed by atoms with Gasteiger partial charge in [-0.1, -0.05) is 38.1 Å². The molecule has 3 aliphatic heterocycles. The average Bonchev–Trinajstić information content (AvgIpc) is 3.82. The molecule has 0 radical (unpaired) electrons. The van der Waals surface area contributed by atoms with E-state index < -0.39 is 107 Å². The molecule has 0 unspecified atom stereocenters. The highest BCUT2D eigenvalue weighted by molar-refractivity contribution is 5.73. The SMILES string of the molecule is CC[C@H]1OC(=O)[C@H](C)[C@@H](O[C@H]2C[C@@](C)(OC)[C@@H](O)[C@H](C)O2)[C@H](C)[C@@H](O[C@@H]2O[C@H](C)C[C@H](N(C)CCc3cn([C@@H](Cc4ccc([N+](=O)[O-])cc4)OC)nn3)[C@H]2O)[C@](C)(O)CC[C@@H](C)CN(C)[C@H](C)[C@@H](O)C[C@]1(C)O. The van der Waals surface area contributed by atoms with E-state index in [1.54, 1.807) is 71.7 Å². The average molecular weight is 1040 g/mol. The fourth-order valence-corrected chi connectivity index (χ4v) is 10.9. The largest absolute Gasteiger partial charge is 0.459 e. The number of hydrogen-bond acceptors (Lipinski definition) is 19. The molecule has 5 rings (SSSR count). The maximum atomic E-state index is 14.5. The van der Waals surface area contributed by atoms with Crippen LogP contribution in [-0.4, -0.2) is 193 Å². The molecule has 4 heterocycles. The molecule has 3 aliphatic rings. The molecular formula is C52H88N6O15. The summed E-state index contributed by atoms with van der Waals surface area (Å²) in [6.45, 7) is 18.9. The summed E-state index contributed by atoms with van der Waals surface area (Å²) in [6.07, 6.45) is -6.04. The van der Waals surface area contributed by atoms with Crippen molar-refractivity contribution in [3.63, 3.8) is 0 Å². The third-order valence-corrected chi connectivity index (χ3v) is 16.1. The molecule has 5 N–H and O–H groups in total. The van der Waals surface area contributed by atoms with Crippen LogP contribution in [0.4, 0.5) is 5.69 Å². The number of carbonyl (C=O) groups excluding carboxylic acids is 1. The maximum Gasteiger partial charge on any atom is 0.311 e. The topological polar surface area (TPSA) is 263 Å². The molecule has 19 atom stereocenters. The monoisotopic (exact) mass is 1040 g/mol. The molecule has 3 fully saturated rings. The zero-order chi connectivity index (χ0) is 54.3. The summed E-state index contributed by atoms with van der Waals surface area (Å²) in [5.74, 6) is -2.54. The van der Waals surface area contributed by atoms with Crippen LogP contribution in [0.15, 0.2) is 30.5 Å². The third-order valence-electron chi connectivity index (χ3n) is 16.1. The van der Waals surface area contributed by atoms with Crippen molar-refractivity contribution >= 4 is 11.7 Å². The molecule has 73 heavy (non-hydrogen) atoms. The van der Waals surface area contributed by atoms with Gasteiger partial charge in [-0.25, -0.2) is 4.68 Å². The summed E-state index contributed by atoms with van der Waals surface area (Å²) in [4.78, 5) is 29.3. The number of carbonyl (C=O) groups is 1. The molecule has 1 aromatic carbocycles. The number of nitrogens with zero attached hydrogens (tertiary/aromatic N) is 6. The Morgan fingerprint density at radius 2 is 1.66 bits per heavy atom. The van der Waals surface area contributed by atoms with Gasteiger partial charge >= 0.3 is 5.97 Å². The number of methoxy groups -OCH3 is 2. The molecule has 21 nitrogen and oxygen atoms in total. The zero-order valence-corrected chi connectivity index (χ0v) is 45.7. The lowest BCUT2D eigenvalue weighted by Gasteiger charge is -2.48. The van der Waals surface area contributed by atoms with Gasteiger partial charge in [0.2, 0.25) is 0 Å². The van der Waals surface area contributed by atoms with Crippen LogP contribution in [-0.2, 0) is 50.8 Å². The molecule has 0 saturated carbocycles. The third kappa shape index (κ3) is 15.2. The normalized spacial score (nSPS) is 39.5. The Hall–Kier alpha value is -3.29. The predicted octanol–water partition coefficient (Wildman–Crippen LogP) is 4.18. The Kier molecular flexibility index (Phi) is 21.3. The number of esters is 1. The highest BCUT2D eigenvalue weighted by Crippen LogP contribution is 2.40. The van der Waals surface area contributed by atoms with Gasteiger partial charge in [-0.05, 0) is 99.7 Å². The molecule has 0 spiro atoms. The van der Waals surface area contributed by atoms with Crippen LogP contribution < -0.4 is 0 Å². The molecule has 1 aromatic heterocycles. The van der Waals surface area contributed by atoms with Gasteiger partial charge in [-0.3, -0.25) is 14.9 Å². The van der Waals surface area contributed by atoms with Crippen molar-refractivity contribution in [2.24, 2.45) is 17.8 Å². The Labute approximate surface area is 431 Å². The Bertz CT molecular complexity index is 2050. The number of aliphatic hydroxyl groups is 5. The molecular weight excluding hydrogens is 949 g/mol. The highest BCUT2D eigenvalue weighted by atomic mass is 16.7. The first-order valence-electron chi connectivity index (χ1n) is 26.1. The van der Waals surface area contributed by atoms with Crippen molar-refractivity contribution in [1.29, 1.82) is 0 Å². The fourth-order valence-electron chi connectivity index (χ4n) is 10.9. The molecule has 416 valence electrons. The fraction of sp³-hybridized carbons (Fsp3) is 0.827. The first-order valence-corrected chi connectivity index (χ1v) is 26.1. The van der Waals surface area contributed by atoms with Crippen molar-refractivity contribution in [2.45, 2.75) is 217 Å². The highest BCUT2D eigenvalue weighted by Gasteiger charge is 2.52. The van der Waals surface area contributed by atoms with Crippen LogP contribution >= 0.6 is 0 Å². The summed E-state index contributed by atoms with van der Waals surface area (Å²) in [5.41, 5.74) is -2.78. The summed E-state index contributed by atoms with van der Waals surface area (Å²) in [7, 11) is 6.87. The second kappa shape index (κ2) is 25.7. The zero-order valence-electron chi connectivity index (χ0n) is 45.7. The van der Waals surface area contributed by atoms with Gasteiger partial charge in [0, 0.05) is 83.1 Å². The van der Waals surface area contributed by atoms with E-state index in [0.29, 0.717) is 44.5 Å². The summed E-state index contributed by atoms with van der Waals surface area (Å²) < 4.78 is 45.7. The van der Waals surface area contributed by atoms with Gasteiger partial charge in [-0.2, -0.15) is 0 Å². The number of aliphatic hydroxyl groups excluding tert-OH is 3. The Morgan fingerprint density at radius 1 is 0.986 bits per heavy atom. The smallest absolute Gasteiger partial charge is 0.311 e. The molecule has 21 heteroatoms. The van der Waals surface area contributed by atoms with Crippen LogP contribution in [0.25, 0.3) is 0 Å². The van der Waals surface area contributed by atoms with Gasteiger partial charge < -0.3 is 68.5 Å². The van der Waals surface area contributed by atoms with Gasteiger partial charge in [0.15, 0.2) is 18.8 Å². The number of nitro groups is 1. The lowest BCUT2D eigenvalue weighted by atomic mass is 9.78. The van der Waals surface area contributed by atoms with E-state index in [4.69, 9.17) is 33.2 Å². The number of nitro benzene ring substituents is 1. The first-order chi connectivity index (χ1) is 34.1. The number of aromatic nitrogens is 3. The van der Waals surface area contributed by atoms with Crippen LogP contribution in [0, 0.1) is 27.9 Å². The molecule has 0 amide bonds. The van der Waals surface area contributed by atoms with E-state index in [1.807, 2.05) is 44.7 Å². The number of benzene rings is 1. The van der Waals surface area contributed by atoms with Crippen molar-refractivity contribution in [1.82, 2.24) is 24.8 Å². The van der Waals surface area contributed by atoms with E-state index in [9.17, 15) is 40.4 Å². The lowest BCUT2D eigenvalue weighted by molar-refractivity contribution is -0.384. The van der Waals surface area contributed by atoms with Crippen LogP contribution in [0.1, 0.15) is 125 Å². The molecule has 0 aliphatic carbocycles. The van der Waals surface area contributed by atoms with E-state index in [0.717, 1.165) is 5.56 Å². The van der Waals surface area contributed by atoms with E-state index in [1.165, 1.54) is 19.2 Å². The Morgan fingerprint density at radius 3 is 2.27 bits per heavy atom. The minimum atomic E-state index is -1.61. The number of rotatable bonds is 15. The molecule has 0 bridgehead atoms. The van der Waals surface area contributed by atoms with Crippen LogP contribution in [0.5, 0.6) is 0 Å². The standard InChI is InChI=1S/C52H88N6O15/c1-15-41-51(9,64)26-40(59)34(6)56(12)28-30(2)20-22-50(8,63)47(32(4)45(33(5)48(62)71-41)72-43-27-52(10,68-14)46(61)35(7)70-43)73-49-44(60)39(24-31(3)69-49)55(11)23-21-37-29-57(54-53-37)42(67-13)25-36-16-18-38(19-17-36)58(65)66/h16-19,29-35,39-47,49,59-61,63-64H,15,20-28H2,1-14H3/t30-,31-,32+,33-,34-,35+,39+,40+,41-,42-,43+,44-,45+,46+,47-,49+,50-,51+,52-/m1/s1. The summed E-state index contributed by atoms with van der Waals surface area (Å²) >= 11 is 0. The lowest BCUT2D eigenvalue weighted by Crippen LogP contribution is -2.60. The maximum absolute atomic E-state index is 14.5. The first kappa shape index (κ1) is 60.6. The van der Waals surface area contributed by atoms with Gasteiger partial charge in [0.05, 0.1) is 64.5 Å². The number of likely N-dealkylation sites (N-methyl/N-ethyl adjacent to an activating group) is 2.